The largest absolute Gasteiger partial charge is 0.462 e. The summed E-state index contributed by atoms with van der Waals surface area (Å²) in [6.07, 6.45) is -3.22. The number of nitrogens with zero attached hydrogens (tertiary/aromatic N) is 1. The van der Waals surface area contributed by atoms with E-state index in [1.54, 1.807) is 0 Å². The topological polar surface area (TPSA) is 101 Å². The van der Waals surface area contributed by atoms with E-state index in [1.807, 2.05) is 5.10 Å². The van der Waals surface area contributed by atoms with Gasteiger partial charge in [-0.1, -0.05) is 0 Å². The predicted molar refractivity (Wildman–Crippen MR) is 60.7 cm³/mol. The van der Waals surface area contributed by atoms with Gasteiger partial charge in [0, 0.05) is 0 Å². The Kier molecular flexibility index (Phi) is 5.28. The van der Waals surface area contributed by atoms with Gasteiger partial charge >= 0.3 is 18.3 Å². The van der Waals surface area contributed by atoms with E-state index in [0.717, 1.165) is 6.20 Å². The summed E-state index contributed by atoms with van der Waals surface area (Å²) in [5.41, 5.74) is -0.523. The zero-order valence-corrected chi connectivity index (χ0v) is 11.4. The summed E-state index contributed by atoms with van der Waals surface area (Å²) in [5.74, 6) is -5.59. The molecule has 0 amide bonds. The fourth-order valence-electron chi connectivity index (χ4n) is 1.17. The summed E-state index contributed by atoms with van der Waals surface area (Å²) in [6, 6.07) is 0. The van der Waals surface area contributed by atoms with Crippen molar-refractivity contribution in [3.05, 3.63) is 11.8 Å². The minimum absolute atomic E-state index is 0.0552. The van der Waals surface area contributed by atoms with Crippen LogP contribution in [-0.2, 0) is 14.8 Å². The van der Waals surface area contributed by atoms with E-state index in [-0.39, 0.29) is 6.61 Å². The molecule has 7 nitrogen and oxygen atoms in total. The molecule has 0 atom stereocenters. The zero-order valence-electron chi connectivity index (χ0n) is 10.6. The standard InChI is InChI=1S/C9H11F4N3O4S/c1-2-20-7(17)5-3-14-16-6(5)21(18,19)15-4-9(12,13)8(10)11/h3,8,15H,2,4H2,1H3,(H,14,16). The molecule has 1 rings (SSSR count). The number of H-pyrrole nitrogens is 1. The second-order valence-electron chi connectivity index (χ2n) is 3.72. The van der Waals surface area contributed by atoms with Crippen LogP contribution in [0.3, 0.4) is 0 Å². The highest BCUT2D eigenvalue weighted by Crippen LogP contribution is 2.22. The molecule has 1 aromatic heterocycles. The Hall–Kier alpha value is -1.69. The van der Waals surface area contributed by atoms with Crippen LogP contribution < -0.4 is 4.72 Å². The van der Waals surface area contributed by atoms with Gasteiger partial charge < -0.3 is 4.74 Å². The van der Waals surface area contributed by atoms with E-state index < -0.39 is 45.5 Å². The number of alkyl halides is 4. The van der Waals surface area contributed by atoms with Gasteiger partial charge in [0.15, 0.2) is 5.03 Å². The zero-order chi connectivity index (χ0) is 16.3. The summed E-state index contributed by atoms with van der Waals surface area (Å²) in [4.78, 5) is 11.4. The number of esters is 1. The van der Waals surface area contributed by atoms with Crippen LogP contribution in [0, 0.1) is 0 Å². The number of sulfonamides is 1. The highest BCUT2D eigenvalue weighted by molar-refractivity contribution is 7.89. The molecule has 12 heteroatoms. The lowest BCUT2D eigenvalue weighted by Crippen LogP contribution is -2.41. The maximum atomic E-state index is 12.7. The van der Waals surface area contributed by atoms with Crippen LogP contribution >= 0.6 is 0 Å². The number of ether oxygens (including phenoxy) is 1. The van der Waals surface area contributed by atoms with Crippen molar-refractivity contribution in [1.82, 2.24) is 14.9 Å². The van der Waals surface area contributed by atoms with Crippen molar-refractivity contribution in [3.63, 3.8) is 0 Å². The van der Waals surface area contributed by atoms with Gasteiger partial charge in [-0.2, -0.15) is 13.9 Å². The fourth-order valence-corrected chi connectivity index (χ4v) is 2.30. The molecule has 21 heavy (non-hydrogen) atoms. The molecule has 0 aromatic carbocycles. The van der Waals surface area contributed by atoms with Crippen molar-refractivity contribution in [2.75, 3.05) is 13.2 Å². The Morgan fingerprint density at radius 1 is 1.52 bits per heavy atom. The molecule has 1 heterocycles. The third-order valence-electron chi connectivity index (χ3n) is 2.19. The van der Waals surface area contributed by atoms with Gasteiger partial charge in [0.25, 0.3) is 10.0 Å². The van der Waals surface area contributed by atoms with Gasteiger partial charge in [0.05, 0.1) is 19.3 Å². The van der Waals surface area contributed by atoms with E-state index in [0.29, 0.717) is 0 Å². The molecule has 0 spiro atoms. The average Bonchev–Trinajstić information content (AvgIpc) is 2.87. The Balaban J connectivity index is 2.95. The Bertz CT molecular complexity index is 602. The second kappa shape index (κ2) is 6.39. The maximum absolute atomic E-state index is 12.7. The molecular formula is C9H11F4N3O4S. The van der Waals surface area contributed by atoms with Crippen molar-refractivity contribution in [2.24, 2.45) is 0 Å². The molecule has 120 valence electrons. The van der Waals surface area contributed by atoms with Gasteiger partial charge in [-0.15, -0.1) is 0 Å². The summed E-state index contributed by atoms with van der Waals surface area (Å²) >= 11 is 0. The maximum Gasteiger partial charge on any atom is 0.342 e. The SMILES string of the molecule is CCOC(=O)c1cn[nH]c1S(=O)(=O)NCC(F)(F)C(F)F. The third kappa shape index (κ3) is 4.14. The summed E-state index contributed by atoms with van der Waals surface area (Å²) < 4.78 is 78.6. The Morgan fingerprint density at radius 3 is 2.67 bits per heavy atom. The molecular weight excluding hydrogens is 322 g/mol. The number of hydrogen-bond acceptors (Lipinski definition) is 5. The van der Waals surface area contributed by atoms with Gasteiger partial charge in [0.2, 0.25) is 0 Å². The first-order chi connectivity index (χ1) is 9.62. The number of aromatic nitrogens is 2. The average molecular weight is 333 g/mol. The van der Waals surface area contributed by atoms with Gasteiger partial charge in [0.1, 0.15) is 5.56 Å². The van der Waals surface area contributed by atoms with Crippen molar-refractivity contribution in [2.45, 2.75) is 24.3 Å². The van der Waals surface area contributed by atoms with Crippen LogP contribution in [0.1, 0.15) is 17.3 Å². The van der Waals surface area contributed by atoms with E-state index in [2.05, 4.69) is 9.84 Å². The molecule has 0 aliphatic heterocycles. The molecule has 0 saturated heterocycles. The summed E-state index contributed by atoms with van der Waals surface area (Å²) in [5, 5.41) is 4.37. The third-order valence-corrected chi connectivity index (χ3v) is 3.56. The lowest BCUT2D eigenvalue weighted by molar-refractivity contribution is -0.122. The number of carbonyl (C=O) groups excluding carboxylic acids is 1. The molecule has 0 radical (unpaired) electrons. The van der Waals surface area contributed by atoms with Gasteiger partial charge in [-0.3, -0.25) is 5.10 Å². The number of aromatic amines is 1. The molecule has 1 aromatic rings. The molecule has 0 aliphatic carbocycles. The first-order valence-corrected chi connectivity index (χ1v) is 6.96. The molecule has 0 fully saturated rings. The highest BCUT2D eigenvalue weighted by Gasteiger charge is 2.42. The summed E-state index contributed by atoms with van der Waals surface area (Å²) in [6.45, 7) is -0.414. The number of carbonyl (C=O) groups is 1. The molecule has 0 unspecified atom stereocenters. The predicted octanol–water partition coefficient (Wildman–Crippen LogP) is 0.765. The smallest absolute Gasteiger partial charge is 0.342 e. The number of rotatable bonds is 7. The van der Waals surface area contributed by atoms with Crippen molar-refractivity contribution in [1.29, 1.82) is 0 Å². The van der Waals surface area contributed by atoms with Crippen LogP contribution in [0.25, 0.3) is 0 Å². The van der Waals surface area contributed by atoms with E-state index in [4.69, 9.17) is 0 Å². The van der Waals surface area contributed by atoms with Crippen LogP contribution in [0.2, 0.25) is 0 Å². The molecule has 2 N–H and O–H groups in total. The van der Waals surface area contributed by atoms with Crippen LogP contribution in [0.4, 0.5) is 17.6 Å². The number of nitrogens with one attached hydrogen (secondary N) is 2. The van der Waals surface area contributed by atoms with Crippen LogP contribution in [-0.4, -0.2) is 50.1 Å². The van der Waals surface area contributed by atoms with Crippen molar-refractivity contribution in [3.8, 4) is 0 Å². The first kappa shape index (κ1) is 17.4. The lowest BCUT2D eigenvalue weighted by Gasteiger charge is -2.15. The van der Waals surface area contributed by atoms with Crippen molar-refractivity contribution < 1.29 is 35.5 Å². The first-order valence-electron chi connectivity index (χ1n) is 5.48. The van der Waals surface area contributed by atoms with Crippen molar-refractivity contribution >= 4 is 16.0 Å². The number of hydrogen-bond donors (Lipinski definition) is 2. The minimum atomic E-state index is -4.66. The quantitative estimate of drug-likeness (QED) is 0.567. The van der Waals surface area contributed by atoms with E-state index in [9.17, 15) is 30.8 Å². The summed E-state index contributed by atoms with van der Waals surface area (Å²) in [7, 11) is -4.66. The molecule has 0 saturated carbocycles. The monoisotopic (exact) mass is 333 g/mol. The minimum Gasteiger partial charge on any atom is -0.462 e. The highest BCUT2D eigenvalue weighted by atomic mass is 32.2. The normalized spacial score (nSPS) is 12.7. The van der Waals surface area contributed by atoms with Gasteiger partial charge in [-0.25, -0.2) is 26.7 Å². The van der Waals surface area contributed by atoms with Crippen LogP contribution in [0.15, 0.2) is 11.2 Å². The lowest BCUT2D eigenvalue weighted by atomic mass is 10.4. The van der Waals surface area contributed by atoms with E-state index in [1.165, 1.54) is 11.6 Å². The van der Waals surface area contributed by atoms with E-state index >= 15 is 0 Å². The van der Waals surface area contributed by atoms with Crippen LogP contribution in [0.5, 0.6) is 0 Å². The van der Waals surface area contributed by atoms with Gasteiger partial charge in [-0.05, 0) is 6.92 Å². The fraction of sp³-hybridized carbons (Fsp3) is 0.556. The molecule has 0 bridgehead atoms. The molecule has 0 aliphatic rings. The Morgan fingerprint density at radius 2 is 2.14 bits per heavy atom. The number of halogens is 4. The second-order valence-corrected chi connectivity index (χ2v) is 5.42. The Labute approximate surface area is 116 Å².